The maximum absolute atomic E-state index is 5.28. The van der Waals surface area contributed by atoms with Crippen molar-refractivity contribution in [2.24, 2.45) is 5.92 Å². The zero-order valence-corrected chi connectivity index (χ0v) is 7.74. The maximum atomic E-state index is 5.28. The second-order valence-electron chi connectivity index (χ2n) is 2.88. The summed E-state index contributed by atoms with van der Waals surface area (Å²) < 4.78 is 5.28. The van der Waals surface area contributed by atoms with E-state index in [0.717, 1.165) is 24.9 Å². The Bertz CT molecular complexity index is 108. The number of ether oxygens (including phenoxy) is 1. The van der Waals surface area contributed by atoms with Gasteiger partial charge >= 0.3 is 0 Å². The van der Waals surface area contributed by atoms with E-state index in [0.29, 0.717) is 0 Å². The van der Waals surface area contributed by atoms with E-state index in [9.17, 15) is 0 Å². The quantitative estimate of drug-likeness (QED) is 0.475. The summed E-state index contributed by atoms with van der Waals surface area (Å²) in [5, 5.41) is 0. The van der Waals surface area contributed by atoms with Crippen LogP contribution in [0.25, 0.3) is 0 Å². The van der Waals surface area contributed by atoms with Crippen LogP contribution in [0.15, 0.2) is 12.7 Å². The Morgan fingerprint density at radius 3 is 2.82 bits per heavy atom. The van der Waals surface area contributed by atoms with E-state index in [1.807, 2.05) is 17.8 Å². The Kier molecular flexibility index (Phi) is 4.71. The number of hydrogen-bond acceptors (Lipinski definition) is 2. The Morgan fingerprint density at radius 1 is 1.45 bits per heavy atom. The second kappa shape index (κ2) is 5.67. The fraction of sp³-hybridized carbons (Fsp3) is 0.778. The van der Waals surface area contributed by atoms with Gasteiger partial charge in [0.2, 0.25) is 0 Å². The van der Waals surface area contributed by atoms with Gasteiger partial charge < -0.3 is 4.74 Å². The molecule has 1 rings (SSSR count). The van der Waals surface area contributed by atoms with Crippen molar-refractivity contribution in [3.8, 4) is 0 Å². The van der Waals surface area contributed by atoms with Crippen LogP contribution in [0.2, 0.25) is 0 Å². The fourth-order valence-electron chi connectivity index (χ4n) is 1.23. The van der Waals surface area contributed by atoms with Gasteiger partial charge in [0.1, 0.15) is 0 Å². The van der Waals surface area contributed by atoms with Gasteiger partial charge in [0.25, 0.3) is 0 Å². The number of rotatable bonds is 4. The smallest absolute Gasteiger partial charge is 0.0468 e. The first-order valence-corrected chi connectivity index (χ1v) is 5.35. The molecule has 0 unspecified atom stereocenters. The third-order valence-electron chi connectivity index (χ3n) is 1.93. The van der Waals surface area contributed by atoms with E-state index in [1.165, 1.54) is 18.6 Å². The van der Waals surface area contributed by atoms with E-state index in [4.69, 9.17) is 4.74 Å². The van der Waals surface area contributed by atoms with E-state index in [1.54, 1.807) is 0 Å². The molecule has 0 aromatic carbocycles. The molecule has 11 heavy (non-hydrogen) atoms. The van der Waals surface area contributed by atoms with Crippen LogP contribution in [-0.2, 0) is 4.74 Å². The standard InChI is InChI=1S/C9H16OS/c1-2-7-11-8-9-3-5-10-6-4-9/h2,9H,1,3-8H2. The van der Waals surface area contributed by atoms with Crippen molar-refractivity contribution < 1.29 is 4.74 Å². The average molecular weight is 172 g/mol. The summed E-state index contributed by atoms with van der Waals surface area (Å²) in [6.07, 6.45) is 4.48. The fourth-order valence-corrected chi connectivity index (χ4v) is 2.20. The molecule has 0 atom stereocenters. The molecule has 0 bridgehead atoms. The summed E-state index contributed by atoms with van der Waals surface area (Å²) in [7, 11) is 0. The first-order chi connectivity index (χ1) is 5.43. The molecule has 0 aliphatic carbocycles. The lowest BCUT2D eigenvalue weighted by Gasteiger charge is -2.21. The molecule has 0 spiro atoms. The highest BCUT2D eigenvalue weighted by Crippen LogP contribution is 2.19. The molecule has 1 heterocycles. The molecule has 0 aromatic rings. The van der Waals surface area contributed by atoms with Gasteiger partial charge in [-0.15, -0.1) is 6.58 Å². The predicted molar refractivity (Wildman–Crippen MR) is 51.1 cm³/mol. The van der Waals surface area contributed by atoms with Gasteiger partial charge in [0, 0.05) is 19.0 Å². The number of thioether (sulfide) groups is 1. The van der Waals surface area contributed by atoms with Crippen LogP contribution in [0.3, 0.4) is 0 Å². The molecule has 64 valence electrons. The van der Waals surface area contributed by atoms with Crippen molar-refractivity contribution in [1.29, 1.82) is 0 Å². The summed E-state index contributed by atoms with van der Waals surface area (Å²) in [4.78, 5) is 0. The molecule has 1 saturated heterocycles. The first kappa shape index (κ1) is 9.14. The van der Waals surface area contributed by atoms with Gasteiger partial charge in [-0.3, -0.25) is 0 Å². The summed E-state index contributed by atoms with van der Waals surface area (Å²) >= 11 is 1.99. The lowest BCUT2D eigenvalue weighted by Crippen LogP contribution is -2.17. The van der Waals surface area contributed by atoms with Crippen LogP contribution >= 0.6 is 11.8 Å². The third kappa shape index (κ3) is 3.82. The molecular formula is C9H16OS. The van der Waals surface area contributed by atoms with Crippen molar-refractivity contribution in [3.05, 3.63) is 12.7 Å². The molecule has 1 nitrogen and oxygen atoms in total. The van der Waals surface area contributed by atoms with E-state index < -0.39 is 0 Å². The highest BCUT2D eigenvalue weighted by atomic mass is 32.2. The Hall–Kier alpha value is 0.0500. The second-order valence-corrected chi connectivity index (χ2v) is 3.96. The molecule has 0 saturated carbocycles. The van der Waals surface area contributed by atoms with Crippen LogP contribution in [-0.4, -0.2) is 24.7 Å². The summed E-state index contributed by atoms with van der Waals surface area (Å²) in [6, 6.07) is 0. The molecule has 0 N–H and O–H groups in total. The van der Waals surface area contributed by atoms with E-state index >= 15 is 0 Å². The Morgan fingerprint density at radius 2 is 2.18 bits per heavy atom. The predicted octanol–water partition coefficient (Wildman–Crippen LogP) is 2.33. The van der Waals surface area contributed by atoms with Crippen LogP contribution in [0, 0.1) is 5.92 Å². The van der Waals surface area contributed by atoms with Crippen LogP contribution in [0.1, 0.15) is 12.8 Å². The zero-order chi connectivity index (χ0) is 7.94. The summed E-state index contributed by atoms with van der Waals surface area (Å²) in [6.45, 7) is 5.64. The zero-order valence-electron chi connectivity index (χ0n) is 6.92. The van der Waals surface area contributed by atoms with Crippen molar-refractivity contribution in [3.63, 3.8) is 0 Å². The summed E-state index contributed by atoms with van der Waals surface area (Å²) in [5.74, 6) is 3.28. The monoisotopic (exact) mass is 172 g/mol. The minimum absolute atomic E-state index is 0.897. The van der Waals surface area contributed by atoms with Gasteiger partial charge in [-0.2, -0.15) is 11.8 Å². The van der Waals surface area contributed by atoms with Crippen LogP contribution < -0.4 is 0 Å². The minimum atomic E-state index is 0.897. The minimum Gasteiger partial charge on any atom is -0.381 e. The largest absolute Gasteiger partial charge is 0.381 e. The van der Waals surface area contributed by atoms with E-state index in [2.05, 4.69) is 6.58 Å². The molecule has 1 fully saturated rings. The maximum Gasteiger partial charge on any atom is 0.0468 e. The molecule has 0 aromatic heterocycles. The molecule has 0 radical (unpaired) electrons. The van der Waals surface area contributed by atoms with Crippen molar-refractivity contribution in [2.75, 3.05) is 24.7 Å². The normalized spacial score (nSPS) is 20.0. The van der Waals surface area contributed by atoms with Gasteiger partial charge in [0.15, 0.2) is 0 Å². The molecule has 0 amide bonds. The lowest BCUT2D eigenvalue weighted by atomic mass is 10.0. The van der Waals surface area contributed by atoms with Gasteiger partial charge in [0.05, 0.1) is 0 Å². The topological polar surface area (TPSA) is 9.23 Å². The highest BCUT2D eigenvalue weighted by molar-refractivity contribution is 7.99. The van der Waals surface area contributed by atoms with Crippen molar-refractivity contribution in [1.82, 2.24) is 0 Å². The molecule has 2 heteroatoms. The number of hydrogen-bond donors (Lipinski definition) is 0. The Balaban J connectivity index is 2.00. The molecule has 1 aliphatic heterocycles. The third-order valence-corrected chi connectivity index (χ3v) is 3.11. The highest BCUT2D eigenvalue weighted by Gasteiger charge is 2.12. The SMILES string of the molecule is C=CCSCC1CCOCC1. The van der Waals surface area contributed by atoms with Gasteiger partial charge in [-0.1, -0.05) is 6.08 Å². The first-order valence-electron chi connectivity index (χ1n) is 4.20. The van der Waals surface area contributed by atoms with Crippen LogP contribution in [0.4, 0.5) is 0 Å². The average Bonchev–Trinajstić information content (AvgIpc) is 2.07. The van der Waals surface area contributed by atoms with Crippen molar-refractivity contribution in [2.45, 2.75) is 12.8 Å². The van der Waals surface area contributed by atoms with E-state index in [-0.39, 0.29) is 0 Å². The molecule has 1 aliphatic rings. The van der Waals surface area contributed by atoms with Crippen molar-refractivity contribution >= 4 is 11.8 Å². The molecular weight excluding hydrogens is 156 g/mol. The van der Waals surface area contributed by atoms with Gasteiger partial charge in [-0.05, 0) is 24.5 Å². The summed E-state index contributed by atoms with van der Waals surface area (Å²) in [5.41, 5.74) is 0. The lowest BCUT2D eigenvalue weighted by molar-refractivity contribution is 0.0728. The Labute approximate surface area is 73.2 Å². The van der Waals surface area contributed by atoms with Crippen LogP contribution in [0.5, 0.6) is 0 Å². The van der Waals surface area contributed by atoms with Gasteiger partial charge in [-0.25, -0.2) is 0 Å².